The molecule has 0 aromatic heterocycles. The Morgan fingerprint density at radius 3 is 2.76 bits per heavy atom. The van der Waals surface area contributed by atoms with Gasteiger partial charge in [-0.3, -0.25) is 4.79 Å². The fraction of sp³-hybridized carbons (Fsp3) is 0.500. The smallest absolute Gasteiger partial charge is 0.224 e. The summed E-state index contributed by atoms with van der Waals surface area (Å²) in [6.45, 7) is 6.19. The van der Waals surface area contributed by atoms with Crippen LogP contribution in [0.5, 0.6) is 0 Å². The molecule has 1 atom stereocenters. The monoisotopic (exact) mass is 253 g/mol. The summed E-state index contributed by atoms with van der Waals surface area (Å²) >= 11 is 5.87. The number of carbonyl (C=O) groups excluding carboxylic acids is 1. The Hall–Kier alpha value is -1.02. The molecule has 1 aromatic carbocycles. The minimum atomic E-state index is 0.0800. The van der Waals surface area contributed by atoms with Crippen molar-refractivity contribution in [3.8, 4) is 0 Å². The van der Waals surface area contributed by atoms with Crippen molar-refractivity contribution in [3.63, 3.8) is 0 Å². The van der Waals surface area contributed by atoms with Crippen LogP contribution in [0.4, 0.5) is 5.69 Å². The first kappa shape index (κ1) is 14.0. The van der Waals surface area contributed by atoms with E-state index in [1.165, 1.54) is 0 Å². The first-order chi connectivity index (χ1) is 8.02. The van der Waals surface area contributed by atoms with E-state index in [1.807, 2.05) is 19.1 Å². The molecular weight excluding hydrogens is 234 g/mol. The number of carbonyl (C=O) groups is 1. The van der Waals surface area contributed by atoms with E-state index in [-0.39, 0.29) is 5.91 Å². The van der Waals surface area contributed by atoms with Crippen molar-refractivity contribution in [1.29, 1.82) is 0 Å². The number of benzene rings is 1. The minimum Gasteiger partial charge on any atom is -0.326 e. The predicted molar refractivity (Wildman–Crippen MR) is 73.5 cm³/mol. The first-order valence-corrected chi connectivity index (χ1v) is 6.46. The Morgan fingerprint density at radius 1 is 1.47 bits per heavy atom. The second-order valence-electron chi connectivity index (χ2n) is 4.61. The van der Waals surface area contributed by atoms with Crippen LogP contribution in [0.15, 0.2) is 18.2 Å². The van der Waals surface area contributed by atoms with Crippen LogP contribution in [-0.4, -0.2) is 5.91 Å². The van der Waals surface area contributed by atoms with Crippen molar-refractivity contribution in [2.75, 3.05) is 5.32 Å². The van der Waals surface area contributed by atoms with Gasteiger partial charge in [0.25, 0.3) is 0 Å². The van der Waals surface area contributed by atoms with Crippen LogP contribution >= 0.6 is 11.6 Å². The van der Waals surface area contributed by atoms with Gasteiger partial charge in [0.05, 0.1) is 0 Å². The molecule has 0 spiro atoms. The van der Waals surface area contributed by atoms with Gasteiger partial charge in [0.2, 0.25) is 5.91 Å². The summed E-state index contributed by atoms with van der Waals surface area (Å²) in [5.41, 5.74) is 1.84. The van der Waals surface area contributed by atoms with Crippen LogP contribution in [0.3, 0.4) is 0 Å². The highest BCUT2D eigenvalue weighted by Crippen LogP contribution is 2.20. The molecule has 0 heterocycles. The molecule has 1 N–H and O–H groups in total. The van der Waals surface area contributed by atoms with E-state index in [0.717, 1.165) is 24.1 Å². The molecule has 2 nitrogen and oxygen atoms in total. The highest BCUT2D eigenvalue weighted by Gasteiger charge is 2.09. The largest absolute Gasteiger partial charge is 0.326 e. The minimum absolute atomic E-state index is 0.0800. The molecule has 1 rings (SSSR count). The number of aryl methyl sites for hydroxylation is 1. The van der Waals surface area contributed by atoms with E-state index in [1.54, 1.807) is 6.07 Å². The van der Waals surface area contributed by atoms with Crippen LogP contribution in [0.1, 0.15) is 38.7 Å². The molecule has 1 amide bonds. The molecule has 0 aliphatic carbocycles. The number of halogens is 1. The van der Waals surface area contributed by atoms with Crippen molar-refractivity contribution in [2.24, 2.45) is 5.92 Å². The number of hydrogen-bond acceptors (Lipinski definition) is 1. The van der Waals surface area contributed by atoms with Crippen molar-refractivity contribution in [1.82, 2.24) is 0 Å². The zero-order valence-corrected chi connectivity index (χ0v) is 11.5. The van der Waals surface area contributed by atoms with E-state index in [9.17, 15) is 4.79 Å². The molecule has 0 radical (unpaired) electrons. The lowest BCUT2D eigenvalue weighted by Crippen LogP contribution is -2.15. The maximum atomic E-state index is 11.8. The third-order valence-electron chi connectivity index (χ3n) is 2.78. The Labute approximate surface area is 108 Å². The third kappa shape index (κ3) is 4.78. The Bertz CT molecular complexity index is 390. The lowest BCUT2D eigenvalue weighted by Gasteiger charge is -2.12. The SMILES string of the molecule is CCCC(C)CC(=O)Nc1ccc(Cl)cc1C. The first-order valence-electron chi connectivity index (χ1n) is 6.09. The molecule has 1 unspecified atom stereocenters. The van der Waals surface area contributed by atoms with E-state index >= 15 is 0 Å². The summed E-state index contributed by atoms with van der Waals surface area (Å²) in [6.07, 6.45) is 2.79. The summed E-state index contributed by atoms with van der Waals surface area (Å²) in [5, 5.41) is 3.62. The van der Waals surface area contributed by atoms with E-state index < -0.39 is 0 Å². The van der Waals surface area contributed by atoms with Gasteiger partial charge in [-0.2, -0.15) is 0 Å². The Morgan fingerprint density at radius 2 is 2.18 bits per heavy atom. The molecule has 0 saturated carbocycles. The number of hydrogen-bond donors (Lipinski definition) is 1. The van der Waals surface area contributed by atoms with Crippen molar-refractivity contribution in [3.05, 3.63) is 28.8 Å². The molecule has 0 aliphatic rings. The summed E-state index contributed by atoms with van der Waals surface area (Å²) in [7, 11) is 0. The number of amides is 1. The van der Waals surface area contributed by atoms with Gasteiger partial charge in [0.15, 0.2) is 0 Å². The lowest BCUT2D eigenvalue weighted by molar-refractivity contribution is -0.117. The zero-order chi connectivity index (χ0) is 12.8. The van der Waals surface area contributed by atoms with E-state index in [0.29, 0.717) is 17.4 Å². The molecule has 0 saturated heterocycles. The summed E-state index contributed by atoms with van der Waals surface area (Å²) < 4.78 is 0. The zero-order valence-electron chi connectivity index (χ0n) is 10.7. The molecule has 0 fully saturated rings. The fourth-order valence-electron chi connectivity index (χ4n) is 1.88. The summed E-state index contributed by atoms with van der Waals surface area (Å²) in [5.74, 6) is 0.518. The van der Waals surface area contributed by atoms with Gasteiger partial charge < -0.3 is 5.32 Å². The fourth-order valence-corrected chi connectivity index (χ4v) is 2.11. The van der Waals surface area contributed by atoms with Crippen LogP contribution in [-0.2, 0) is 4.79 Å². The highest BCUT2D eigenvalue weighted by molar-refractivity contribution is 6.30. The molecule has 94 valence electrons. The molecule has 0 bridgehead atoms. The van der Waals surface area contributed by atoms with Crippen LogP contribution in [0, 0.1) is 12.8 Å². The van der Waals surface area contributed by atoms with Crippen LogP contribution in [0.2, 0.25) is 5.02 Å². The second-order valence-corrected chi connectivity index (χ2v) is 5.04. The van der Waals surface area contributed by atoms with Crippen LogP contribution in [0.25, 0.3) is 0 Å². The maximum absolute atomic E-state index is 11.8. The van der Waals surface area contributed by atoms with Gasteiger partial charge >= 0.3 is 0 Å². The van der Waals surface area contributed by atoms with Crippen molar-refractivity contribution < 1.29 is 4.79 Å². The molecule has 3 heteroatoms. The summed E-state index contributed by atoms with van der Waals surface area (Å²) in [4.78, 5) is 11.8. The normalized spacial score (nSPS) is 12.2. The van der Waals surface area contributed by atoms with Gasteiger partial charge in [-0.1, -0.05) is 38.3 Å². The lowest BCUT2D eigenvalue weighted by atomic mass is 10.0. The molecular formula is C14H20ClNO. The third-order valence-corrected chi connectivity index (χ3v) is 3.01. The van der Waals surface area contributed by atoms with Gasteiger partial charge in [0, 0.05) is 17.1 Å². The number of anilines is 1. The summed E-state index contributed by atoms with van der Waals surface area (Å²) in [6, 6.07) is 5.49. The van der Waals surface area contributed by atoms with Gasteiger partial charge in [-0.15, -0.1) is 0 Å². The number of nitrogens with one attached hydrogen (secondary N) is 1. The quantitative estimate of drug-likeness (QED) is 0.827. The Balaban J connectivity index is 2.56. The topological polar surface area (TPSA) is 29.1 Å². The molecule has 0 aliphatic heterocycles. The van der Waals surface area contributed by atoms with Gasteiger partial charge in [-0.25, -0.2) is 0 Å². The van der Waals surface area contributed by atoms with Crippen molar-refractivity contribution >= 4 is 23.2 Å². The van der Waals surface area contributed by atoms with Gasteiger partial charge in [0.1, 0.15) is 0 Å². The molecule has 17 heavy (non-hydrogen) atoms. The second kappa shape index (κ2) is 6.65. The van der Waals surface area contributed by atoms with E-state index in [2.05, 4.69) is 19.2 Å². The van der Waals surface area contributed by atoms with E-state index in [4.69, 9.17) is 11.6 Å². The average molecular weight is 254 g/mol. The number of rotatable bonds is 5. The predicted octanol–water partition coefficient (Wildman–Crippen LogP) is 4.41. The van der Waals surface area contributed by atoms with Crippen LogP contribution < -0.4 is 5.32 Å². The highest BCUT2D eigenvalue weighted by atomic mass is 35.5. The van der Waals surface area contributed by atoms with Gasteiger partial charge in [-0.05, 0) is 36.6 Å². The standard InChI is InChI=1S/C14H20ClNO/c1-4-5-10(2)8-14(17)16-13-7-6-12(15)9-11(13)3/h6-7,9-10H,4-5,8H2,1-3H3,(H,16,17). The van der Waals surface area contributed by atoms with Crippen molar-refractivity contribution in [2.45, 2.75) is 40.0 Å². The molecule has 1 aromatic rings. The maximum Gasteiger partial charge on any atom is 0.224 e. The Kier molecular flexibility index (Phi) is 5.49. The average Bonchev–Trinajstić information content (AvgIpc) is 2.22.